The van der Waals surface area contributed by atoms with Crippen LogP contribution in [-0.2, 0) is 7.05 Å². The SMILES string of the molecule is Cn1cnc(C(=O)NN2CCCCCC2)c1. The Morgan fingerprint density at radius 3 is 2.56 bits per heavy atom. The Bertz CT molecular complexity index is 353. The van der Waals surface area contributed by atoms with Gasteiger partial charge in [0.1, 0.15) is 5.69 Å². The Morgan fingerprint density at radius 1 is 1.31 bits per heavy atom. The van der Waals surface area contributed by atoms with E-state index < -0.39 is 0 Å². The zero-order valence-electron chi connectivity index (χ0n) is 9.65. The van der Waals surface area contributed by atoms with Gasteiger partial charge < -0.3 is 4.57 Å². The maximum Gasteiger partial charge on any atom is 0.285 e. The topological polar surface area (TPSA) is 50.2 Å². The van der Waals surface area contributed by atoms with Crippen LogP contribution in [-0.4, -0.2) is 33.6 Å². The summed E-state index contributed by atoms with van der Waals surface area (Å²) in [5.41, 5.74) is 3.39. The summed E-state index contributed by atoms with van der Waals surface area (Å²) in [6.45, 7) is 1.89. The van der Waals surface area contributed by atoms with Crippen molar-refractivity contribution >= 4 is 5.91 Å². The maximum absolute atomic E-state index is 11.8. The standard InChI is InChI=1S/C11H18N4O/c1-14-8-10(12-9-14)11(16)13-15-6-4-2-3-5-7-15/h8-9H,2-7H2,1H3,(H,13,16). The number of hydrogen-bond acceptors (Lipinski definition) is 3. The van der Waals surface area contributed by atoms with Crippen molar-refractivity contribution < 1.29 is 4.79 Å². The maximum atomic E-state index is 11.8. The molecule has 1 aliphatic heterocycles. The summed E-state index contributed by atoms with van der Waals surface area (Å²) in [5, 5.41) is 2.00. The van der Waals surface area contributed by atoms with Crippen LogP contribution in [0.4, 0.5) is 0 Å². The van der Waals surface area contributed by atoms with E-state index in [1.807, 2.05) is 12.1 Å². The van der Waals surface area contributed by atoms with Crippen molar-refractivity contribution in [3.05, 3.63) is 18.2 Å². The van der Waals surface area contributed by atoms with Gasteiger partial charge in [-0.05, 0) is 12.8 Å². The molecule has 0 saturated carbocycles. The van der Waals surface area contributed by atoms with Crippen LogP contribution in [0.15, 0.2) is 12.5 Å². The number of aryl methyl sites for hydroxylation is 1. The molecule has 1 aromatic rings. The first-order valence-corrected chi connectivity index (χ1v) is 5.79. The molecule has 1 aromatic heterocycles. The summed E-state index contributed by atoms with van der Waals surface area (Å²) < 4.78 is 1.78. The second kappa shape index (κ2) is 5.12. The number of nitrogens with zero attached hydrogens (tertiary/aromatic N) is 3. The predicted octanol–water partition coefficient (Wildman–Crippen LogP) is 0.941. The van der Waals surface area contributed by atoms with Crippen LogP contribution in [0.1, 0.15) is 36.2 Å². The molecule has 5 heteroatoms. The molecule has 0 radical (unpaired) electrons. The number of imidazole rings is 1. The zero-order chi connectivity index (χ0) is 11.4. The summed E-state index contributed by atoms with van der Waals surface area (Å²) in [4.78, 5) is 15.8. The quantitative estimate of drug-likeness (QED) is 0.810. The lowest BCUT2D eigenvalue weighted by Crippen LogP contribution is -2.42. The summed E-state index contributed by atoms with van der Waals surface area (Å²) in [5.74, 6) is -0.109. The number of rotatable bonds is 2. The highest BCUT2D eigenvalue weighted by Gasteiger charge is 2.14. The molecule has 1 fully saturated rings. The molecular formula is C11H18N4O. The van der Waals surface area contributed by atoms with Gasteiger partial charge in [0.15, 0.2) is 0 Å². The van der Waals surface area contributed by atoms with E-state index in [0.717, 1.165) is 25.9 Å². The summed E-state index contributed by atoms with van der Waals surface area (Å²) in [7, 11) is 1.86. The average Bonchev–Trinajstić information content (AvgIpc) is 2.54. The predicted molar refractivity (Wildman–Crippen MR) is 60.7 cm³/mol. The van der Waals surface area contributed by atoms with Gasteiger partial charge in [-0.15, -0.1) is 0 Å². The van der Waals surface area contributed by atoms with E-state index in [4.69, 9.17) is 0 Å². The number of aromatic nitrogens is 2. The van der Waals surface area contributed by atoms with E-state index in [9.17, 15) is 4.79 Å². The molecular weight excluding hydrogens is 204 g/mol. The molecule has 5 nitrogen and oxygen atoms in total. The fourth-order valence-corrected chi connectivity index (χ4v) is 1.91. The summed E-state index contributed by atoms with van der Waals surface area (Å²) >= 11 is 0. The van der Waals surface area contributed by atoms with Crippen LogP contribution in [0.25, 0.3) is 0 Å². The van der Waals surface area contributed by atoms with Crippen molar-refractivity contribution in [1.29, 1.82) is 0 Å². The van der Waals surface area contributed by atoms with Crippen molar-refractivity contribution in [2.75, 3.05) is 13.1 Å². The molecule has 0 aromatic carbocycles. The third-order valence-electron chi connectivity index (χ3n) is 2.80. The number of carbonyl (C=O) groups is 1. The number of carbonyl (C=O) groups excluding carboxylic acids is 1. The second-order valence-electron chi connectivity index (χ2n) is 4.27. The number of hydrogen-bond donors (Lipinski definition) is 1. The fraction of sp³-hybridized carbons (Fsp3) is 0.636. The molecule has 0 bridgehead atoms. The Morgan fingerprint density at radius 2 is 2.00 bits per heavy atom. The van der Waals surface area contributed by atoms with Crippen LogP contribution in [0.5, 0.6) is 0 Å². The molecule has 88 valence electrons. The van der Waals surface area contributed by atoms with E-state index in [1.165, 1.54) is 12.8 Å². The molecule has 0 aliphatic carbocycles. The molecule has 16 heavy (non-hydrogen) atoms. The van der Waals surface area contributed by atoms with Crippen molar-refractivity contribution in [2.45, 2.75) is 25.7 Å². The molecule has 1 saturated heterocycles. The lowest BCUT2D eigenvalue weighted by Gasteiger charge is -2.19. The van der Waals surface area contributed by atoms with E-state index >= 15 is 0 Å². The van der Waals surface area contributed by atoms with Gasteiger partial charge in [0, 0.05) is 26.3 Å². The first kappa shape index (κ1) is 11.1. The molecule has 1 N–H and O–H groups in total. The number of amides is 1. The van der Waals surface area contributed by atoms with E-state index in [0.29, 0.717) is 5.69 Å². The highest BCUT2D eigenvalue weighted by atomic mass is 16.2. The molecule has 0 unspecified atom stereocenters. The highest BCUT2D eigenvalue weighted by molar-refractivity contribution is 5.91. The lowest BCUT2D eigenvalue weighted by atomic mass is 10.2. The third kappa shape index (κ3) is 2.82. The van der Waals surface area contributed by atoms with Crippen molar-refractivity contribution in [3.8, 4) is 0 Å². The van der Waals surface area contributed by atoms with Crippen LogP contribution in [0.2, 0.25) is 0 Å². The Balaban J connectivity index is 1.90. The van der Waals surface area contributed by atoms with E-state index in [1.54, 1.807) is 17.1 Å². The van der Waals surface area contributed by atoms with Gasteiger partial charge in [-0.1, -0.05) is 12.8 Å². The molecule has 2 heterocycles. The largest absolute Gasteiger partial charge is 0.340 e. The molecule has 1 aliphatic rings. The Kier molecular flexibility index (Phi) is 3.56. The minimum absolute atomic E-state index is 0.109. The van der Waals surface area contributed by atoms with Gasteiger partial charge in [0.2, 0.25) is 0 Å². The monoisotopic (exact) mass is 222 g/mol. The first-order chi connectivity index (χ1) is 7.75. The van der Waals surface area contributed by atoms with E-state index in [-0.39, 0.29) is 5.91 Å². The Labute approximate surface area is 95.4 Å². The molecule has 1 amide bonds. The summed E-state index contributed by atoms with van der Waals surface area (Å²) in [6.07, 6.45) is 8.20. The normalized spacial score (nSPS) is 18.1. The molecule has 0 spiro atoms. The average molecular weight is 222 g/mol. The minimum atomic E-state index is -0.109. The fourth-order valence-electron chi connectivity index (χ4n) is 1.91. The smallest absolute Gasteiger partial charge is 0.285 e. The first-order valence-electron chi connectivity index (χ1n) is 5.79. The van der Waals surface area contributed by atoms with Gasteiger partial charge in [0.25, 0.3) is 5.91 Å². The van der Waals surface area contributed by atoms with Gasteiger partial charge in [-0.2, -0.15) is 0 Å². The van der Waals surface area contributed by atoms with Gasteiger partial charge in [0.05, 0.1) is 6.33 Å². The van der Waals surface area contributed by atoms with E-state index in [2.05, 4.69) is 10.4 Å². The number of nitrogens with one attached hydrogen (secondary N) is 1. The Hall–Kier alpha value is -1.36. The lowest BCUT2D eigenvalue weighted by molar-refractivity contribution is 0.0789. The number of hydrazine groups is 1. The van der Waals surface area contributed by atoms with Crippen molar-refractivity contribution in [2.24, 2.45) is 7.05 Å². The third-order valence-corrected chi connectivity index (χ3v) is 2.80. The second-order valence-corrected chi connectivity index (χ2v) is 4.27. The van der Waals surface area contributed by atoms with Crippen LogP contribution in [0, 0.1) is 0 Å². The highest BCUT2D eigenvalue weighted by Crippen LogP contribution is 2.07. The van der Waals surface area contributed by atoms with Crippen LogP contribution in [0.3, 0.4) is 0 Å². The zero-order valence-corrected chi connectivity index (χ0v) is 9.65. The minimum Gasteiger partial charge on any atom is -0.340 e. The van der Waals surface area contributed by atoms with Gasteiger partial charge in [-0.25, -0.2) is 9.99 Å². The van der Waals surface area contributed by atoms with Crippen molar-refractivity contribution in [3.63, 3.8) is 0 Å². The van der Waals surface area contributed by atoms with Gasteiger partial charge >= 0.3 is 0 Å². The van der Waals surface area contributed by atoms with Crippen LogP contribution < -0.4 is 5.43 Å². The van der Waals surface area contributed by atoms with Crippen LogP contribution >= 0.6 is 0 Å². The summed E-state index contributed by atoms with van der Waals surface area (Å²) in [6, 6.07) is 0. The van der Waals surface area contributed by atoms with Gasteiger partial charge in [-0.3, -0.25) is 10.2 Å². The molecule has 2 rings (SSSR count). The van der Waals surface area contributed by atoms with Crippen molar-refractivity contribution in [1.82, 2.24) is 20.0 Å². The molecule has 0 atom stereocenters.